The minimum Gasteiger partial charge on any atom is -0.370 e. The third-order valence-electron chi connectivity index (χ3n) is 2.82. The smallest absolute Gasteiger partial charge is 0.276 e. The Bertz CT molecular complexity index is 466. The van der Waals surface area contributed by atoms with E-state index in [9.17, 15) is 10.1 Å². The van der Waals surface area contributed by atoms with E-state index in [1.54, 1.807) is 11.8 Å². The second-order valence-electron chi connectivity index (χ2n) is 5.10. The van der Waals surface area contributed by atoms with Gasteiger partial charge >= 0.3 is 0 Å². The molecule has 0 saturated heterocycles. The Kier molecular flexibility index (Phi) is 6.06. The third kappa shape index (κ3) is 5.24. The van der Waals surface area contributed by atoms with Gasteiger partial charge in [0.25, 0.3) is 5.69 Å². The van der Waals surface area contributed by atoms with Gasteiger partial charge in [0.1, 0.15) is 11.6 Å². The van der Waals surface area contributed by atoms with Crippen molar-refractivity contribution in [3.8, 4) is 0 Å². The van der Waals surface area contributed by atoms with E-state index in [1.807, 2.05) is 13.2 Å². The summed E-state index contributed by atoms with van der Waals surface area (Å²) in [5.41, 5.74) is 0.0445. The molecule has 0 aromatic carbocycles. The van der Waals surface area contributed by atoms with Gasteiger partial charge in [0.15, 0.2) is 0 Å². The molecule has 6 nitrogen and oxygen atoms in total. The molecule has 112 valence electrons. The van der Waals surface area contributed by atoms with Gasteiger partial charge in [-0.05, 0) is 26.5 Å². The van der Waals surface area contributed by atoms with Crippen LogP contribution in [0.25, 0.3) is 0 Å². The summed E-state index contributed by atoms with van der Waals surface area (Å²) < 4.78 is 0.0450. The summed E-state index contributed by atoms with van der Waals surface area (Å²) in [6.07, 6.45) is 2.98. The summed E-state index contributed by atoms with van der Waals surface area (Å²) in [6, 6.07) is 2.92. The number of hydrogen-bond donors (Lipinski definition) is 2. The molecule has 1 aromatic rings. The first-order valence-corrected chi connectivity index (χ1v) is 7.80. The summed E-state index contributed by atoms with van der Waals surface area (Å²) in [7, 11) is 0. The van der Waals surface area contributed by atoms with E-state index in [0.717, 1.165) is 13.0 Å². The van der Waals surface area contributed by atoms with Crippen LogP contribution in [0.4, 0.5) is 17.3 Å². The lowest BCUT2D eigenvalue weighted by Crippen LogP contribution is -2.26. The first-order chi connectivity index (χ1) is 9.38. The summed E-state index contributed by atoms with van der Waals surface area (Å²) in [6.45, 7) is 7.68. The van der Waals surface area contributed by atoms with E-state index in [1.165, 1.54) is 12.1 Å². The maximum atomic E-state index is 11.0. The maximum absolute atomic E-state index is 11.0. The van der Waals surface area contributed by atoms with Gasteiger partial charge in [-0.15, -0.1) is 0 Å². The van der Waals surface area contributed by atoms with E-state index in [2.05, 4.69) is 29.5 Å². The van der Waals surface area contributed by atoms with Gasteiger partial charge in [-0.3, -0.25) is 10.1 Å². The molecule has 1 heterocycles. The van der Waals surface area contributed by atoms with Gasteiger partial charge in [0, 0.05) is 17.8 Å². The molecular formula is C13H22N4O2S. The summed E-state index contributed by atoms with van der Waals surface area (Å²) in [5, 5.41) is 17.2. The molecule has 0 bridgehead atoms. The first-order valence-electron chi connectivity index (χ1n) is 6.57. The fourth-order valence-electron chi connectivity index (χ4n) is 1.43. The molecule has 0 radical (unpaired) electrons. The van der Waals surface area contributed by atoms with Crippen LogP contribution in [0.15, 0.2) is 12.1 Å². The van der Waals surface area contributed by atoms with Crippen LogP contribution in [0, 0.1) is 10.1 Å². The molecule has 0 aliphatic heterocycles. The van der Waals surface area contributed by atoms with Gasteiger partial charge in [-0.1, -0.05) is 6.92 Å². The van der Waals surface area contributed by atoms with E-state index < -0.39 is 4.92 Å². The molecule has 2 N–H and O–H groups in total. The van der Waals surface area contributed by atoms with Crippen molar-refractivity contribution in [2.75, 3.05) is 30.0 Å². The lowest BCUT2D eigenvalue weighted by atomic mass is 10.2. The number of hydrogen-bond acceptors (Lipinski definition) is 6. The van der Waals surface area contributed by atoms with Gasteiger partial charge in [-0.25, -0.2) is 4.98 Å². The Morgan fingerprint density at radius 1 is 1.35 bits per heavy atom. The van der Waals surface area contributed by atoms with Crippen molar-refractivity contribution in [3.05, 3.63) is 22.2 Å². The van der Waals surface area contributed by atoms with Crippen LogP contribution >= 0.6 is 11.8 Å². The number of anilines is 2. The molecule has 0 fully saturated rings. The highest BCUT2D eigenvalue weighted by molar-refractivity contribution is 7.99. The van der Waals surface area contributed by atoms with Crippen molar-refractivity contribution >= 4 is 29.1 Å². The van der Waals surface area contributed by atoms with Gasteiger partial charge in [0.05, 0.1) is 17.1 Å². The number of pyridine rings is 1. The monoisotopic (exact) mass is 298 g/mol. The highest BCUT2D eigenvalue weighted by Gasteiger charge is 2.17. The quantitative estimate of drug-likeness (QED) is 0.566. The van der Waals surface area contributed by atoms with Gasteiger partial charge in [0.2, 0.25) is 0 Å². The predicted octanol–water partition coefficient (Wildman–Crippen LogP) is 3.37. The average molecular weight is 298 g/mol. The summed E-state index contributed by atoms with van der Waals surface area (Å²) in [4.78, 5) is 14.9. The number of nitrogens with zero attached hydrogens (tertiary/aromatic N) is 2. The van der Waals surface area contributed by atoms with Crippen LogP contribution in [0.5, 0.6) is 0 Å². The number of nitrogens with one attached hydrogen (secondary N) is 2. The Morgan fingerprint density at radius 3 is 2.45 bits per heavy atom. The largest absolute Gasteiger partial charge is 0.370 e. The second kappa shape index (κ2) is 7.33. The normalized spacial score (nSPS) is 11.2. The minimum absolute atomic E-state index is 0.0445. The first kappa shape index (κ1) is 16.6. The molecule has 1 aromatic heterocycles. The van der Waals surface area contributed by atoms with Crippen molar-refractivity contribution in [2.24, 2.45) is 0 Å². The number of rotatable bonds is 8. The predicted molar refractivity (Wildman–Crippen MR) is 85.8 cm³/mol. The Balaban J connectivity index is 2.88. The SMILES string of the molecule is CCCNc1cc([N+](=O)[O-])cc(NCC(C)(C)SC)n1. The molecular weight excluding hydrogens is 276 g/mol. The molecule has 0 saturated carbocycles. The van der Waals surface area contributed by atoms with Gasteiger partial charge < -0.3 is 10.6 Å². The fourth-order valence-corrected chi connectivity index (χ4v) is 1.65. The Hall–Kier alpha value is -1.50. The van der Waals surface area contributed by atoms with Gasteiger partial charge in [-0.2, -0.15) is 11.8 Å². The number of aromatic nitrogens is 1. The van der Waals surface area contributed by atoms with Crippen LogP contribution in [0.2, 0.25) is 0 Å². The highest BCUT2D eigenvalue weighted by Crippen LogP contribution is 2.24. The van der Waals surface area contributed by atoms with Crippen LogP contribution in [-0.2, 0) is 0 Å². The molecule has 1 rings (SSSR count). The van der Waals surface area contributed by atoms with Crippen LogP contribution in [0.3, 0.4) is 0 Å². The Morgan fingerprint density at radius 2 is 1.95 bits per heavy atom. The minimum atomic E-state index is -0.399. The number of thioether (sulfide) groups is 1. The summed E-state index contributed by atoms with van der Waals surface area (Å²) >= 11 is 1.74. The van der Waals surface area contributed by atoms with Crippen LogP contribution < -0.4 is 10.6 Å². The van der Waals surface area contributed by atoms with E-state index >= 15 is 0 Å². The van der Waals surface area contributed by atoms with Crippen molar-refractivity contribution in [2.45, 2.75) is 31.9 Å². The third-order valence-corrected chi connectivity index (χ3v) is 4.07. The zero-order valence-corrected chi connectivity index (χ0v) is 13.2. The van der Waals surface area contributed by atoms with Crippen LogP contribution in [-0.4, -0.2) is 34.0 Å². The molecule has 0 spiro atoms. The average Bonchev–Trinajstić information content (AvgIpc) is 2.43. The van der Waals surface area contributed by atoms with Crippen molar-refractivity contribution in [1.82, 2.24) is 4.98 Å². The lowest BCUT2D eigenvalue weighted by molar-refractivity contribution is -0.384. The van der Waals surface area contributed by atoms with Crippen LogP contribution in [0.1, 0.15) is 27.2 Å². The molecule has 0 unspecified atom stereocenters. The molecule has 0 aliphatic rings. The van der Waals surface area contributed by atoms with E-state index in [0.29, 0.717) is 18.2 Å². The molecule has 0 aliphatic carbocycles. The van der Waals surface area contributed by atoms with E-state index in [4.69, 9.17) is 0 Å². The standard InChI is InChI=1S/C13H22N4O2S/c1-5-6-14-11-7-10(17(18)19)8-12(16-11)15-9-13(2,3)20-4/h7-8H,5-6,9H2,1-4H3,(H2,14,15,16). The topological polar surface area (TPSA) is 80.1 Å². The summed E-state index contributed by atoms with van der Waals surface area (Å²) in [5.74, 6) is 1.06. The van der Waals surface area contributed by atoms with Crippen molar-refractivity contribution < 1.29 is 4.92 Å². The van der Waals surface area contributed by atoms with Crippen molar-refractivity contribution in [1.29, 1.82) is 0 Å². The molecule has 0 amide bonds. The van der Waals surface area contributed by atoms with E-state index in [-0.39, 0.29) is 10.4 Å². The highest BCUT2D eigenvalue weighted by atomic mass is 32.2. The lowest BCUT2D eigenvalue weighted by Gasteiger charge is -2.22. The fraction of sp³-hybridized carbons (Fsp3) is 0.615. The second-order valence-corrected chi connectivity index (χ2v) is 6.61. The zero-order valence-electron chi connectivity index (χ0n) is 12.4. The molecule has 7 heteroatoms. The van der Waals surface area contributed by atoms with Crippen molar-refractivity contribution in [3.63, 3.8) is 0 Å². The zero-order chi connectivity index (χ0) is 15.2. The Labute approximate surface area is 123 Å². The number of nitro groups is 1. The molecule has 0 atom stereocenters. The maximum Gasteiger partial charge on any atom is 0.276 e. The molecule has 20 heavy (non-hydrogen) atoms.